The van der Waals surface area contributed by atoms with Gasteiger partial charge in [0.15, 0.2) is 0 Å². The van der Waals surface area contributed by atoms with Crippen LogP contribution >= 0.6 is 0 Å². The summed E-state index contributed by atoms with van der Waals surface area (Å²) in [6.45, 7) is 18.2. The minimum Gasteiger partial charge on any atom is -0.487 e. The van der Waals surface area contributed by atoms with Crippen LogP contribution in [-0.2, 0) is 20.8 Å². The van der Waals surface area contributed by atoms with Gasteiger partial charge in [-0.05, 0) is 94.2 Å². The van der Waals surface area contributed by atoms with E-state index in [1.165, 1.54) is 51.4 Å². The summed E-state index contributed by atoms with van der Waals surface area (Å²) in [4.78, 5) is 35.0. The van der Waals surface area contributed by atoms with Crippen LogP contribution in [-0.4, -0.2) is 30.3 Å². The highest BCUT2D eigenvalue weighted by Crippen LogP contribution is 2.45. The summed E-state index contributed by atoms with van der Waals surface area (Å²) >= 11 is 0. The summed E-state index contributed by atoms with van der Waals surface area (Å²) in [7, 11) is 0. The fraction of sp³-hybridized carbons (Fsp3) is 0.757. The maximum absolute atomic E-state index is 12.6. The van der Waals surface area contributed by atoms with E-state index in [9.17, 15) is 14.4 Å². The summed E-state index contributed by atoms with van der Waals surface area (Å²) in [5, 5.41) is 2.74. The first-order valence-corrected chi connectivity index (χ1v) is 17.1. The second-order valence-electron chi connectivity index (χ2n) is 14.1. The molecule has 2 rings (SSSR count). The number of carbonyl (C=O) groups excluding carboxylic acids is 3. The average molecular weight is 600 g/mol. The Morgan fingerprint density at radius 1 is 0.884 bits per heavy atom. The third-order valence-corrected chi connectivity index (χ3v) is 9.43. The molecule has 1 aromatic rings. The number of esters is 1. The van der Waals surface area contributed by atoms with Crippen molar-refractivity contribution in [3.8, 4) is 11.5 Å². The first kappa shape index (κ1) is 36.8. The molecular formula is C37H61NO5. The number of hydrogen-bond acceptors (Lipinski definition) is 5. The Kier molecular flexibility index (Phi) is 15.8. The third-order valence-electron chi connectivity index (χ3n) is 9.43. The van der Waals surface area contributed by atoms with Crippen molar-refractivity contribution in [2.45, 2.75) is 157 Å². The van der Waals surface area contributed by atoms with Crippen LogP contribution in [0.15, 0.2) is 0 Å². The highest BCUT2D eigenvalue weighted by atomic mass is 16.5. The highest BCUT2D eigenvalue weighted by Gasteiger charge is 2.34. The number of benzene rings is 1. The molecule has 0 bridgehead atoms. The fourth-order valence-corrected chi connectivity index (χ4v) is 6.30. The van der Waals surface area contributed by atoms with Gasteiger partial charge in [-0.2, -0.15) is 0 Å². The first-order valence-electron chi connectivity index (χ1n) is 17.1. The monoisotopic (exact) mass is 599 g/mol. The first-order chi connectivity index (χ1) is 20.4. The maximum Gasteiger partial charge on any atom is 0.311 e. The van der Waals surface area contributed by atoms with E-state index >= 15 is 0 Å². The zero-order valence-electron chi connectivity index (χ0n) is 28.7. The van der Waals surface area contributed by atoms with Crippen LogP contribution in [0.2, 0.25) is 0 Å². The average Bonchev–Trinajstić information content (AvgIpc) is 2.95. The molecule has 1 N–H and O–H groups in total. The summed E-state index contributed by atoms with van der Waals surface area (Å²) in [5.41, 5.74) is 3.85. The summed E-state index contributed by atoms with van der Waals surface area (Å²) in [6, 6.07) is 0. The van der Waals surface area contributed by atoms with Crippen molar-refractivity contribution in [3.05, 3.63) is 22.3 Å². The topological polar surface area (TPSA) is 81.7 Å². The molecule has 1 aromatic carbocycles. The Labute approximate surface area is 262 Å². The number of rotatable bonds is 20. The van der Waals surface area contributed by atoms with E-state index < -0.39 is 5.97 Å². The molecule has 6 nitrogen and oxygen atoms in total. The molecule has 3 atom stereocenters. The second kappa shape index (κ2) is 18.4. The Bertz CT molecular complexity index is 1050. The molecule has 244 valence electrons. The van der Waals surface area contributed by atoms with Crippen LogP contribution in [0.3, 0.4) is 0 Å². The number of amides is 1. The van der Waals surface area contributed by atoms with Crippen molar-refractivity contribution >= 4 is 18.2 Å². The molecule has 0 aromatic heterocycles. The van der Waals surface area contributed by atoms with Crippen LogP contribution in [0.4, 0.5) is 0 Å². The predicted molar refractivity (Wildman–Crippen MR) is 176 cm³/mol. The minimum absolute atomic E-state index is 0.0127. The standard InChI is InChI=1S/C37H61NO5/c1-26(2)14-11-15-27(3)16-12-17-28(4)18-13-22-37(8)23-21-32-31(7)35(29(5)30(6)36(32)43-37)42-34(41)20-19-33(40)38-24-9-10-25-39/h25-28H,9-24H2,1-8H3,(H,38,40)/t27-,28+,37-/m1/s1. The molecule has 1 aliphatic rings. The van der Waals surface area contributed by atoms with Gasteiger partial charge >= 0.3 is 5.97 Å². The number of nitrogens with one attached hydrogen (secondary N) is 1. The molecule has 1 heterocycles. The molecule has 1 aliphatic heterocycles. The van der Waals surface area contributed by atoms with Gasteiger partial charge in [0, 0.05) is 24.9 Å². The highest BCUT2D eigenvalue weighted by molar-refractivity contribution is 5.82. The van der Waals surface area contributed by atoms with Crippen LogP contribution in [0.1, 0.15) is 147 Å². The lowest BCUT2D eigenvalue weighted by Crippen LogP contribution is -2.37. The molecule has 0 spiro atoms. The van der Waals surface area contributed by atoms with E-state index in [1.807, 2.05) is 13.8 Å². The van der Waals surface area contributed by atoms with E-state index in [0.717, 1.165) is 71.3 Å². The van der Waals surface area contributed by atoms with Crippen LogP contribution < -0.4 is 14.8 Å². The Morgan fingerprint density at radius 2 is 1.51 bits per heavy atom. The van der Waals surface area contributed by atoms with E-state index in [-0.39, 0.29) is 24.3 Å². The SMILES string of the molecule is Cc1c(C)c2c(c(C)c1OC(=O)CCC(=O)NCCCC=O)CC[C@@](C)(CCC[C@@H](C)CCC[C@H](C)CCCC(C)C)O2. The quantitative estimate of drug-likeness (QED) is 0.0700. The largest absolute Gasteiger partial charge is 0.487 e. The number of hydrogen-bond donors (Lipinski definition) is 1. The molecule has 0 fully saturated rings. The van der Waals surface area contributed by atoms with Gasteiger partial charge < -0.3 is 19.6 Å². The van der Waals surface area contributed by atoms with Gasteiger partial charge in [-0.3, -0.25) is 9.59 Å². The normalized spacial score (nSPS) is 17.6. The van der Waals surface area contributed by atoms with Gasteiger partial charge in [0.2, 0.25) is 5.91 Å². The number of aldehydes is 1. The van der Waals surface area contributed by atoms with Crippen molar-refractivity contribution in [2.75, 3.05) is 6.54 Å². The van der Waals surface area contributed by atoms with E-state index in [2.05, 4.69) is 46.9 Å². The van der Waals surface area contributed by atoms with Gasteiger partial charge in [-0.1, -0.05) is 72.6 Å². The number of unbranched alkanes of at least 4 members (excludes halogenated alkanes) is 1. The lowest BCUT2D eigenvalue weighted by Gasteiger charge is -2.38. The third kappa shape index (κ3) is 12.6. The molecule has 0 aliphatic carbocycles. The molecular weight excluding hydrogens is 538 g/mol. The van der Waals surface area contributed by atoms with Crippen molar-refractivity contribution in [1.29, 1.82) is 0 Å². The summed E-state index contributed by atoms with van der Waals surface area (Å²) in [5.74, 6) is 3.35. The van der Waals surface area contributed by atoms with Crippen molar-refractivity contribution < 1.29 is 23.9 Å². The van der Waals surface area contributed by atoms with E-state index in [1.54, 1.807) is 0 Å². The Balaban J connectivity index is 1.85. The van der Waals surface area contributed by atoms with Crippen molar-refractivity contribution in [1.82, 2.24) is 5.32 Å². The maximum atomic E-state index is 12.6. The van der Waals surface area contributed by atoms with Gasteiger partial charge in [-0.15, -0.1) is 0 Å². The van der Waals surface area contributed by atoms with Crippen LogP contribution in [0.25, 0.3) is 0 Å². The lowest BCUT2D eigenvalue weighted by atomic mass is 9.83. The smallest absolute Gasteiger partial charge is 0.311 e. The number of carbonyl (C=O) groups is 3. The van der Waals surface area contributed by atoms with E-state index in [4.69, 9.17) is 9.47 Å². The van der Waals surface area contributed by atoms with Crippen molar-refractivity contribution in [3.63, 3.8) is 0 Å². The Morgan fingerprint density at radius 3 is 2.14 bits per heavy atom. The van der Waals surface area contributed by atoms with Gasteiger partial charge in [0.1, 0.15) is 23.4 Å². The van der Waals surface area contributed by atoms with Gasteiger partial charge in [0.25, 0.3) is 0 Å². The molecule has 0 saturated heterocycles. The van der Waals surface area contributed by atoms with Gasteiger partial charge in [0.05, 0.1) is 6.42 Å². The second-order valence-corrected chi connectivity index (χ2v) is 14.1. The molecule has 0 saturated carbocycles. The summed E-state index contributed by atoms with van der Waals surface area (Å²) in [6.07, 6.45) is 15.4. The number of fused-ring (bicyclic) bond motifs is 1. The van der Waals surface area contributed by atoms with Crippen molar-refractivity contribution in [2.24, 2.45) is 17.8 Å². The summed E-state index contributed by atoms with van der Waals surface area (Å²) < 4.78 is 12.6. The van der Waals surface area contributed by atoms with E-state index in [0.29, 0.717) is 25.1 Å². The molecule has 43 heavy (non-hydrogen) atoms. The lowest BCUT2D eigenvalue weighted by molar-refractivity contribution is -0.136. The van der Waals surface area contributed by atoms with Crippen LogP contribution in [0, 0.1) is 38.5 Å². The predicted octanol–water partition coefficient (Wildman–Crippen LogP) is 8.92. The molecule has 1 amide bonds. The Hall–Kier alpha value is -2.37. The molecule has 0 radical (unpaired) electrons. The zero-order chi connectivity index (χ0) is 32.0. The van der Waals surface area contributed by atoms with Crippen LogP contribution in [0.5, 0.6) is 11.5 Å². The fourth-order valence-electron chi connectivity index (χ4n) is 6.30. The minimum atomic E-state index is -0.412. The van der Waals surface area contributed by atoms with Gasteiger partial charge in [-0.25, -0.2) is 0 Å². The molecule has 6 heteroatoms. The number of ether oxygens (including phenoxy) is 2. The zero-order valence-corrected chi connectivity index (χ0v) is 28.7. The molecule has 0 unspecified atom stereocenters.